The predicted molar refractivity (Wildman–Crippen MR) is 81.8 cm³/mol. The van der Waals surface area contributed by atoms with Crippen molar-refractivity contribution >= 4 is 36.2 Å². The molecule has 118 valence electrons. The maximum atomic E-state index is 10.9. The first-order valence-electron chi connectivity index (χ1n) is 5.46. The Morgan fingerprint density at radius 1 is 0.917 bits per heavy atom. The predicted octanol–water partition coefficient (Wildman–Crippen LogP) is -3.49. The Labute approximate surface area is 188 Å². The molecule has 0 aliphatic heterocycles. The van der Waals surface area contributed by atoms with Crippen LogP contribution in [0.3, 0.4) is 0 Å². The molecule has 2 rings (SSSR count). The molecule has 0 spiro atoms. The van der Waals surface area contributed by atoms with Gasteiger partial charge in [0.25, 0.3) is 11.4 Å². The first-order valence-corrected chi connectivity index (χ1v) is 5.46. The second-order valence-corrected chi connectivity index (χ2v) is 3.89. The van der Waals surface area contributed by atoms with Crippen LogP contribution in [0.15, 0.2) is 42.5 Å². The number of nitrogens with zero attached hydrogens (tertiary/aromatic N) is 2. The number of rotatable bonds is 4. The Kier molecular flexibility index (Phi) is 14.6. The van der Waals surface area contributed by atoms with Crippen molar-refractivity contribution < 1.29 is 79.5 Å². The molecule has 0 saturated heterocycles. The van der Waals surface area contributed by atoms with E-state index in [1.54, 1.807) is 0 Å². The minimum absolute atomic E-state index is 0. The zero-order chi connectivity index (χ0) is 14.7. The summed E-state index contributed by atoms with van der Waals surface area (Å²) in [6, 6.07) is 9.22. The summed E-state index contributed by atoms with van der Waals surface area (Å²) in [7, 11) is 0. The smallest absolute Gasteiger partial charge is 0.870 e. The average molecular weight is 371 g/mol. The third-order valence-electron chi connectivity index (χ3n) is 2.54. The van der Waals surface area contributed by atoms with Gasteiger partial charge in [0, 0.05) is 11.8 Å². The molecule has 12 heteroatoms. The fourth-order valence-corrected chi connectivity index (χ4v) is 1.59. The number of aromatic hydroxyl groups is 1. The molecular formula is C12H11N3Na2O6S. The second kappa shape index (κ2) is 12.5. The summed E-state index contributed by atoms with van der Waals surface area (Å²) in [5.74, 6) is 0.0637. The Balaban J connectivity index is -0.00000110. The van der Waals surface area contributed by atoms with E-state index < -0.39 is 15.5 Å². The van der Waals surface area contributed by atoms with Gasteiger partial charge in [-0.05, 0) is 30.3 Å². The van der Waals surface area contributed by atoms with Gasteiger partial charge in [0.05, 0.1) is 15.9 Å². The van der Waals surface area contributed by atoms with E-state index in [9.17, 15) is 20.2 Å². The van der Waals surface area contributed by atoms with E-state index in [-0.39, 0.29) is 95.2 Å². The number of anilines is 2. The van der Waals surface area contributed by atoms with E-state index in [1.807, 2.05) is 0 Å². The van der Waals surface area contributed by atoms with E-state index in [4.69, 9.17) is 5.11 Å². The van der Waals surface area contributed by atoms with Crippen molar-refractivity contribution in [2.24, 2.45) is 0 Å². The Bertz CT molecular complexity index is 687. The van der Waals surface area contributed by atoms with Crippen molar-refractivity contribution in [2.45, 2.75) is 0 Å². The van der Waals surface area contributed by atoms with Gasteiger partial charge in [-0.2, -0.15) is 0 Å². The molecule has 0 amide bonds. The summed E-state index contributed by atoms with van der Waals surface area (Å²) < 4.78 is 0. The summed E-state index contributed by atoms with van der Waals surface area (Å²) in [4.78, 5) is 20.2. The first-order chi connectivity index (χ1) is 9.47. The molecule has 24 heavy (non-hydrogen) atoms. The number of benzene rings is 2. The van der Waals surface area contributed by atoms with Gasteiger partial charge in [0.2, 0.25) is 0 Å². The number of phenolic OH excluding ortho intramolecular Hbond substituents is 1. The molecule has 3 N–H and O–H groups in total. The number of nitrogens with one attached hydrogen (secondary N) is 1. The Morgan fingerprint density at radius 2 is 1.46 bits per heavy atom. The minimum atomic E-state index is -0.699. The van der Waals surface area contributed by atoms with E-state index in [0.717, 1.165) is 6.07 Å². The van der Waals surface area contributed by atoms with Crippen molar-refractivity contribution in [3.8, 4) is 5.75 Å². The van der Waals surface area contributed by atoms with Crippen molar-refractivity contribution in [1.82, 2.24) is 0 Å². The van der Waals surface area contributed by atoms with Crippen LogP contribution in [0.5, 0.6) is 5.75 Å². The number of phenols is 1. The van der Waals surface area contributed by atoms with Crippen LogP contribution in [0.1, 0.15) is 0 Å². The van der Waals surface area contributed by atoms with Gasteiger partial charge in [-0.3, -0.25) is 20.2 Å². The van der Waals surface area contributed by atoms with Crippen LogP contribution in [0, 0.1) is 20.2 Å². The van der Waals surface area contributed by atoms with Crippen LogP contribution >= 0.6 is 0 Å². The Morgan fingerprint density at radius 3 is 1.92 bits per heavy atom. The van der Waals surface area contributed by atoms with Crippen LogP contribution in [-0.4, -0.2) is 20.4 Å². The molecule has 0 saturated carbocycles. The molecule has 0 bridgehead atoms. The molecule has 0 aromatic heterocycles. The van der Waals surface area contributed by atoms with E-state index in [1.165, 1.54) is 36.4 Å². The number of non-ortho nitro benzene ring substituents is 1. The molecule has 0 aliphatic carbocycles. The molecule has 0 heterocycles. The van der Waals surface area contributed by atoms with Gasteiger partial charge in [0.15, 0.2) is 0 Å². The summed E-state index contributed by atoms with van der Waals surface area (Å²) in [5.41, 5.74) is -0.105. The maximum Gasteiger partial charge on any atom is 1.00 e. The van der Waals surface area contributed by atoms with E-state index >= 15 is 0 Å². The topological polar surface area (TPSA) is 149 Å². The Hall–Kier alpha value is -0.850. The van der Waals surface area contributed by atoms with Crippen molar-refractivity contribution in [1.29, 1.82) is 0 Å². The number of hydrogen-bond acceptors (Lipinski definition) is 8. The zero-order valence-electron chi connectivity index (χ0n) is 12.9. The number of hydrogen-bond donors (Lipinski definition) is 2. The van der Waals surface area contributed by atoms with Crippen LogP contribution < -0.4 is 64.4 Å². The molecule has 0 atom stereocenters. The monoisotopic (exact) mass is 371 g/mol. The fourth-order valence-electron chi connectivity index (χ4n) is 1.59. The molecule has 9 nitrogen and oxygen atoms in total. The molecule has 2 aromatic carbocycles. The van der Waals surface area contributed by atoms with Gasteiger partial charge in [-0.25, -0.2) is 0 Å². The second-order valence-electron chi connectivity index (χ2n) is 3.89. The summed E-state index contributed by atoms with van der Waals surface area (Å²) >= 11 is 0. The molecular weight excluding hydrogens is 360 g/mol. The van der Waals surface area contributed by atoms with Gasteiger partial charge in [0.1, 0.15) is 11.4 Å². The molecule has 0 aliphatic rings. The van der Waals surface area contributed by atoms with Crippen LogP contribution in [0.4, 0.5) is 22.7 Å². The minimum Gasteiger partial charge on any atom is -0.870 e. The largest absolute Gasteiger partial charge is 1.00 e. The number of nitro benzene ring substituents is 2. The molecule has 0 fully saturated rings. The molecule has 0 radical (unpaired) electrons. The van der Waals surface area contributed by atoms with E-state index in [0.29, 0.717) is 5.69 Å². The summed E-state index contributed by atoms with van der Waals surface area (Å²) in [6.45, 7) is 0. The molecule has 2 aromatic rings. The van der Waals surface area contributed by atoms with Gasteiger partial charge >= 0.3 is 59.1 Å². The number of thiol groups is 1. The van der Waals surface area contributed by atoms with E-state index in [2.05, 4.69) is 5.32 Å². The maximum absolute atomic E-state index is 10.9. The zero-order valence-corrected chi connectivity index (χ0v) is 17.8. The quantitative estimate of drug-likeness (QED) is 0.141. The average Bonchev–Trinajstić information content (AvgIpc) is 2.41. The SMILES string of the molecule is O=[N+]([O-])c1ccc(Nc2ccc(O)cc2)c([N+](=O)[O-])c1.[Na+].[Na+].[OH-].[SH-]. The van der Waals surface area contributed by atoms with Crippen LogP contribution in [0.2, 0.25) is 0 Å². The number of nitro groups is 2. The standard InChI is InChI=1S/C12H9N3O5.2Na.H2O.H2S/c16-10-4-1-8(2-5-10)13-11-6-3-9(14(17)18)7-12(11)15(19)20;;;;/h1-7,13,16H;;;2*1H2/q;2*+1;;/p-2. The normalized spacial score (nSPS) is 8.33. The van der Waals surface area contributed by atoms with Gasteiger partial charge < -0.3 is 29.4 Å². The first kappa shape index (κ1) is 28.0. The van der Waals surface area contributed by atoms with Crippen LogP contribution in [0.25, 0.3) is 0 Å². The van der Waals surface area contributed by atoms with Crippen molar-refractivity contribution in [3.05, 3.63) is 62.7 Å². The van der Waals surface area contributed by atoms with Gasteiger partial charge in [-0.1, -0.05) is 0 Å². The summed E-state index contributed by atoms with van der Waals surface area (Å²) in [5, 5.41) is 33.5. The fraction of sp³-hybridized carbons (Fsp3) is 0. The van der Waals surface area contributed by atoms with Crippen molar-refractivity contribution in [3.63, 3.8) is 0 Å². The molecule has 0 unspecified atom stereocenters. The van der Waals surface area contributed by atoms with Crippen LogP contribution in [-0.2, 0) is 13.5 Å². The summed E-state index contributed by atoms with van der Waals surface area (Å²) in [6.07, 6.45) is 0. The van der Waals surface area contributed by atoms with Gasteiger partial charge in [-0.15, -0.1) is 0 Å². The third kappa shape index (κ3) is 7.36. The van der Waals surface area contributed by atoms with Crippen molar-refractivity contribution in [2.75, 3.05) is 5.32 Å². The third-order valence-corrected chi connectivity index (χ3v) is 2.54.